The van der Waals surface area contributed by atoms with E-state index in [9.17, 15) is 9.90 Å². The van der Waals surface area contributed by atoms with Gasteiger partial charge in [-0.3, -0.25) is 9.78 Å². The number of aryl methyl sites for hydroxylation is 2. The molecule has 3 nitrogen and oxygen atoms in total. The molecule has 2 rings (SSSR count). The van der Waals surface area contributed by atoms with Crippen molar-refractivity contribution in [3.8, 4) is 0 Å². The second-order valence-electron chi connectivity index (χ2n) is 5.13. The molecule has 106 valence electrons. The molecule has 20 heavy (non-hydrogen) atoms. The van der Waals surface area contributed by atoms with Crippen molar-refractivity contribution in [1.29, 1.82) is 0 Å². The van der Waals surface area contributed by atoms with E-state index < -0.39 is 11.9 Å². The standard InChI is InChI=1S/C16H18ClNO2/c1-5-13-9(3)15(10(4)16(19)20)11-7-12(17)8(2)6-14(11)18-13/h6-7,10H,5H2,1-4H3,(H,19,20). The van der Waals surface area contributed by atoms with Crippen LogP contribution in [0.3, 0.4) is 0 Å². The first kappa shape index (κ1) is 14.8. The van der Waals surface area contributed by atoms with Crippen molar-refractivity contribution < 1.29 is 9.90 Å². The van der Waals surface area contributed by atoms with Crippen LogP contribution in [0.25, 0.3) is 10.9 Å². The lowest BCUT2D eigenvalue weighted by atomic mass is 9.90. The molecule has 4 heteroatoms. The van der Waals surface area contributed by atoms with Crippen LogP contribution in [0.15, 0.2) is 12.1 Å². The Balaban J connectivity index is 2.90. The number of nitrogens with zero attached hydrogens (tertiary/aromatic N) is 1. The lowest BCUT2D eigenvalue weighted by Gasteiger charge is -2.17. The van der Waals surface area contributed by atoms with Crippen molar-refractivity contribution in [3.05, 3.63) is 39.5 Å². The topological polar surface area (TPSA) is 50.2 Å². The fourth-order valence-electron chi connectivity index (χ4n) is 2.59. The summed E-state index contributed by atoms with van der Waals surface area (Å²) in [6.45, 7) is 7.60. The second-order valence-corrected chi connectivity index (χ2v) is 5.54. The van der Waals surface area contributed by atoms with Gasteiger partial charge in [0.05, 0.1) is 11.4 Å². The molecule has 0 saturated heterocycles. The van der Waals surface area contributed by atoms with Gasteiger partial charge in [0.15, 0.2) is 0 Å². The van der Waals surface area contributed by atoms with Crippen LogP contribution in [0.1, 0.15) is 42.1 Å². The minimum absolute atomic E-state index is 0.579. The van der Waals surface area contributed by atoms with Gasteiger partial charge >= 0.3 is 5.97 Å². The van der Waals surface area contributed by atoms with Gasteiger partial charge in [0.1, 0.15) is 0 Å². The van der Waals surface area contributed by atoms with Crippen molar-refractivity contribution in [2.24, 2.45) is 0 Å². The van der Waals surface area contributed by atoms with E-state index in [1.165, 1.54) is 0 Å². The maximum Gasteiger partial charge on any atom is 0.310 e. The minimum Gasteiger partial charge on any atom is -0.481 e. The molecule has 1 aromatic heterocycles. The fourth-order valence-corrected chi connectivity index (χ4v) is 2.75. The molecule has 1 heterocycles. The van der Waals surface area contributed by atoms with Crippen molar-refractivity contribution in [3.63, 3.8) is 0 Å². The molecule has 0 aliphatic carbocycles. The van der Waals surface area contributed by atoms with Crippen LogP contribution in [0.5, 0.6) is 0 Å². The van der Waals surface area contributed by atoms with Gasteiger partial charge in [0.25, 0.3) is 0 Å². The molecule has 0 bridgehead atoms. The van der Waals surface area contributed by atoms with Crippen LogP contribution in [-0.4, -0.2) is 16.1 Å². The van der Waals surface area contributed by atoms with Crippen LogP contribution in [-0.2, 0) is 11.2 Å². The zero-order valence-electron chi connectivity index (χ0n) is 12.1. The summed E-state index contributed by atoms with van der Waals surface area (Å²) in [5.74, 6) is -1.41. The van der Waals surface area contributed by atoms with E-state index in [2.05, 4.69) is 4.98 Å². The predicted octanol–water partition coefficient (Wildman–Crippen LogP) is 4.26. The Kier molecular flexibility index (Phi) is 4.00. The highest BCUT2D eigenvalue weighted by Gasteiger charge is 2.22. The third-order valence-electron chi connectivity index (χ3n) is 3.80. The van der Waals surface area contributed by atoms with Gasteiger partial charge < -0.3 is 5.11 Å². The van der Waals surface area contributed by atoms with E-state index in [0.29, 0.717) is 5.02 Å². The van der Waals surface area contributed by atoms with Crippen molar-refractivity contribution in [1.82, 2.24) is 4.98 Å². The first-order valence-electron chi connectivity index (χ1n) is 6.68. The number of carbonyl (C=O) groups is 1. The lowest BCUT2D eigenvalue weighted by Crippen LogP contribution is -2.12. The number of benzene rings is 1. The summed E-state index contributed by atoms with van der Waals surface area (Å²) >= 11 is 6.19. The molecule has 1 aromatic carbocycles. The lowest BCUT2D eigenvalue weighted by molar-refractivity contribution is -0.138. The van der Waals surface area contributed by atoms with Crippen LogP contribution in [0.4, 0.5) is 0 Å². The van der Waals surface area contributed by atoms with Crippen LogP contribution >= 0.6 is 11.6 Å². The number of fused-ring (bicyclic) bond motifs is 1. The van der Waals surface area contributed by atoms with Crippen molar-refractivity contribution >= 4 is 28.5 Å². The van der Waals surface area contributed by atoms with E-state index in [-0.39, 0.29) is 0 Å². The number of rotatable bonds is 3. The van der Waals surface area contributed by atoms with Gasteiger partial charge in [-0.25, -0.2) is 0 Å². The van der Waals surface area contributed by atoms with E-state index in [4.69, 9.17) is 11.6 Å². The third-order valence-corrected chi connectivity index (χ3v) is 4.20. The van der Waals surface area contributed by atoms with Crippen molar-refractivity contribution in [2.75, 3.05) is 0 Å². The Morgan fingerprint density at radius 1 is 1.40 bits per heavy atom. The SMILES string of the molecule is CCc1nc2cc(C)c(Cl)cc2c(C(C)C(=O)O)c1C. The van der Waals surface area contributed by atoms with E-state index in [1.807, 2.05) is 32.9 Å². The fraction of sp³-hybridized carbons (Fsp3) is 0.375. The quantitative estimate of drug-likeness (QED) is 0.919. The number of pyridine rings is 1. The Morgan fingerprint density at radius 2 is 2.05 bits per heavy atom. The Morgan fingerprint density at radius 3 is 2.60 bits per heavy atom. The summed E-state index contributed by atoms with van der Waals surface area (Å²) in [5, 5.41) is 10.8. The molecule has 2 aromatic rings. The summed E-state index contributed by atoms with van der Waals surface area (Å²) in [6, 6.07) is 3.76. The summed E-state index contributed by atoms with van der Waals surface area (Å²) in [5.41, 5.74) is 4.49. The largest absolute Gasteiger partial charge is 0.481 e. The zero-order chi connectivity index (χ0) is 15.0. The zero-order valence-corrected chi connectivity index (χ0v) is 12.9. The number of aromatic nitrogens is 1. The molecule has 0 saturated carbocycles. The summed E-state index contributed by atoms with van der Waals surface area (Å²) in [4.78, 5) is 16.0. The van der Waals surface area contributed by atoms with Gasteiger partial charge in [-0.1, -0.05) is 18.5 Å². The average Bonchev–Trinajstić information content (AvgIpc) is 2.39. The molecule has 0 amide bonds. The number of hydrogen-bond donors (Lipinski definition) is 1. The summed E-state index contributed by atoms with van der Waals surface area (Å²) < 4.78 is 0. The summed E-state index contributed by atoms with van der Waals surface area (Å²) in [7, 11) is 0. The number of aliphatic carboxylic acids is 1. The van der Waals surface area contributed by atoms with Gasteiger partial charge in [0, 0.05) is 16.1 Å². The number of carboxylic acid groups (broad SMARTS) is 1. The smallest absolute Gasteiger partial charge is 0.310 e. The van der Waals surface area contributed by atoms with Gasteiger partial charge in [-0.05, 0) is 56.0 Å². The molecule has 1 atom stereocenters. The Labute approximate surface area is 123 Å². The first-order chi connectivity index (χ1) is 9.36. The van der Waals surface area contributed by atoms with Crippen molar-refractivity contribution in [2.45, 2.75) is 40.0 Å². The molecule has 1 N–H and O–H groups in total. The van der Waals surface area contributed by atoms with E-state index >= 15 is 0 Å². The molecular formula is C16H18ClNO2. The molecule has 0 spiro atoms. The van der Waals surface area contributed by atoms with Gasteiger partial charge in [0.2, 0.25) is 0 Å². The molecule has 0 aliphatic rings. The van der Waals surface area contributed by atoms with E-state index in [1.54, 1.807) is 6.92 Å². The van der Waals surface area contributed by atoms with E-state index in [0.717, 1.165) is 39.7 Å². The highest BCUT2D eigenvalue weighted by Crippen LogP contribution is 2.33. The second kappa shape index (κ2) is 5.41. The minimum atomic E-state index is -0.834. The number of halogens is 1. The Bertz CT molecular complexity index is 695. The normalized spacial score (nSPS) is 12.7. The molecular weight excluding hydrogens is 274 g/mol. The van der Waals surface area contributed by atoms with Crippen LogP contribution in [0, 0.1) is 13.8 Å². The predicted molar refractivity (Wildman–Crippen MR) is 81.7 cm³/mol. The van der Waals surface area contributed by atoms with Crippen LogP contribution < -0.4 is 0 Å². The molecule has 1 unspecified atom stereocenters. The monoisotopic (exact) mass is 291 g/mol. The number of carboxylic acids is 1. The maximum atomic E-state index is 11.4. The maximum absolute atomic E-state index is 11.4. The highest BCUT2D eigenvalue weighted by atomic mass is 35.5. The molecule has 0 fully saturated rings. The first-order valence-corrected chi connectivity index (χ1v) is 7.06. The average molecular weight is 292 g/mol. The Hall–Kier alpha value is -1.61. The molecule has 0 aliphatic heterocycles. The highest BCUT2D eigenvalue weighted by molar-refractivity contribution is 6.32. The van der Waals surface area contributed by atoms with Crippen LogP contribution in [0.2, 0.25) is 5.02 Å². The van der Waals surface area contributed by atoms with Gasteiger partial charge in [-0.15, -0.1) is 0 Å². The third kappa shape index (κ3) is 2.38. The van der Waals surface area contributed by atoms with Gasteiger partial charge in [-0.2, -0.15) is 0 Å². The molecule has 0 radical (unpaired) electrons. The number of hydrogen-bond acceptors (Lipinski definition) is 2. The summed E-state index contributed by atoms with van der Waals surface area (Å²) in [6.07, 6.45) is 0.781.